The molecule has 0 radical (unpaired) electrons. The summed E-state index contributed by atoms with van der Waals surface area (Å²) in [5.74, 6) is -0.154. The van der Waals surface area contributed by atoms with Gasteiger partial charge in [-0.05, 0) is 73.2 Å². The van der Waals surface area contributed by atoms with Crippen LogP contribution in [0.15, 0.2) is 66.9 Å². The maximum Gasteiger partial charge on any atom is 0.257 e. The Morgan fingerprint density at radius 1 is 1.14 bits per heavy atom. The second-order valence-corrected chi connectivity index (χ2v) is 10.0. The number of hydrogen-bond donors (Lipinski definition) is 3. The van der Waals surface area contributed by atoms with Crippen molar-refractivity contribution in [3.63, 3.8) is 0 Å². The lowest BCUT2D eigenvalue weighted by Crippen LogP contribution is -2.19. The topological polar surface area (TPSA) is 86.9 Å². The van der Waals surface area contributed by atoms with Crippen molar-refractivity contribution in [2.24, 2.45) is 11.3 Å². The van der Waals surface area contributed by atoms with E-state index in [2.05, 4.69) is 27.5 Å². The van der Waals surface area contributed by atoms with Crippen LogP contribution in [0.3, 0.4) is 0 Å². The molecule has 0 unspecified atom stereocenters. The molecule has 3 N–H and O–H groups in total. The molecule has 1 saturated carbocycles. The normalized spacial score (nSPS) is 19.9. The average Bonchev–Trinajstić information content (AvgIpc) is 3.42. The third-order valence-electron chi connectivity index (χ3n) is 7.34. The van der Waals surface area contributed by atoms with Crippen molar-refractivity contribution in [2.75, 3.05) is 10.6 Å². The number of amides is 1. The second kappa shape index (κ2) is 8.16. The summed E-state index contributed by atoms with van der Waals surface area (Å²) in [4.78, 5) is 34.1. The molecule has 0 saturated heterocycles. The number of aryl methyl sites for hydroxylation is 1. The summed E-state index contributed by atoms with van der Waals surface area (Å²) in [6.07, 6.45) is 3.36. The maximum atomic E-state index is 13.5. The van der Waals surface area contributed by atoms with E-state index in [0.29, 0.717) is 16.9 Å². The van der Waals surface area contributed by atoms with Crippen molar-refractivity contribution in [3.8, 4) is 11.3 Å². The molecule has 2 aliphatic rings. The standard InChI is InChI=1S/C29H25FN4O2/c1-16-12-18(30)8-9-20(16)28(36)34-23-13-17(10-11-31-23)25-26(32-19-6-4-3-5-7-19)24-22(33-25)15-29(2)14-21(29)27(24)35/h3-13,21,32-33H,14-15H2,1-2H3,(H,31,34,36)/t21-,29+/m1/s1. The maximum absolute atomic E-state index is 13.5. The number of fused-ring (bicyclic) bond motifs is 2. The molecule has 0 aliphatic heterocycles. The van der Waals surface area contributed by atoms with Crippen LogP contribution in [0.5, 0.6) is 0 Å². The van der Waals surface area contributed by atoms with Crippen molar-refractivity contribution in [2.45, 2.75) is 26.7 Å². The van der Waals surface area contributed by atoms with Gasteiger partial charge in [0.05, 0.1) is 16.9 Å². The van der Waals surface area contributed by atoms with Crippen LogP contribution in [0.4, 0.5) is 21.6 Å². The number of aromatic nitrogens is 2. The number of Topliss-reactive ketones (excluding diaryl/α,β-unsaturated/α-hetero) is 1. The van der Waals surface area contributed by atoms with E-state index < -0.39 is 0 Å². The third-order valence-corrected chi connectivity index (χ3v) is 7.34. The summed E-state index contributed by atoms with van der Waals surface area (Å²) in [5.41, 5.74) is 5.80. The van der Waals surface area contributed by atoms with Crippen LogP contribution in [0.25, 0.3) is 11.3 Å². The van der Waals surface area contributed by atoms with Gasteiger partial charge in [-0.15, -0.1) is 0 Å². The van der Waals surface area contributed by atoms with Crippen LogP contribution in [-0.4, -0.2) is 21.7 Å². The number of H-pyrrole nitrogens is 1. The number of carbonyl (C=O) groups is 2. The molecule has 180 valence electrons. The van der Waals surface area contributed by atoms with Crippen LogP contribution in [0.1, 0.15) is 45.3 Å². The Hall–Kier alpha value is -4.26. The number of anilines is 3. The van der Waals surface area contributed by atoms with E-state index in [4.69, 9.17) is 0 Å². The number of pyridine rings is 1. The van der Waals surface area contributed by atoms with Gasteiger partial charge in [0.25, 0.3) is 5.91 Å². The van der Waals surface area contributed by atoms with Gasteiger partial charge in [0.2, 0.25) is 0 Å². The first-order valence-electron chi connectivity index (χ1n) is 12.0. The van der Waals surface area contributed by atoms with E-state index in [1.807, 2.05) is 36.4 Å². The monoisotopic (exact) mass is 480 g/mol. The number of benzene rings is 2. The highest BCUT2D eigenvalue weighted by Gasteiger charge is 2.58. The fourth-order valence-corrected chi connectivity index (χ4v) is 5.27. The molecule has 1 fully saturated rings. The van der Waals surface area contributed by atoms with E-state index in [1.165, 1.54) is 18.2 Å². The third kappa shape index (κ3) is 3.77. The molecule has 2 aromatic carbocycles. The summed E-state index contributed by atoms with van der Waals surface area (Å²) in [5, 5.41) is 6.28. The molecule has 6 rings (SSSR count). The SMILES string of the molecule is Cc1cc(F)ccc1C(=O)Nc1cc(-c2[nH]c3c(c2Nc2ccccc2)C(=O)[C@H]2C[C@@]2(C)C3)ccn1. The first-order valence-corrected chi connectivity index (χ1v) is 12.0. The minimum atomic E-state index is -0.389. The molecule has 6 nitrogen and oxygen atoms in total. The summed E-state index contributed by atoms with van der Waals surface area (Å²) in [6, 6.07) is 17.4. The van der Waals surface area contributed by atoms with E-state index >= 15 is 0 Å². The number of para-hydroxylation sites is 1. The van der Waals surface area contributed by atoms with Crippen LogP contribution in [0.2, 0.25) is 0 Å². The number of ketones is 1. The van der Waals surface area contributed by atoms with E-state index in [-0.39, 0.29) is 28.8 Å². The fraction of sp³-hybridized carbons (Fsp3) is 0.207. The van der Waals surface area contributed by atoms with Gasteiger partial charge in [0.1, 0.15) is 11.6 Å². The first kappa shape index (κ1) is 22.2. The number of carbonyl (C=O) groups excluding carboxylic acids is 2. The van der Waals surface area contributed by atoms with Gasteiger partial charge in [-0.2, -0.15) is 0 Å². The smallest absolute Gasteiger partial charge is 0.257 e. The van der Waals surface area contributed by atoms with Gasteiger partial charge in [0, 0.05) is 34.6 Å². The molecule has 2 atom stereocenters. The first-order chi connectivity index (χ1) is 17.3. The lowest BCUT2D eigenvalue weighted by molar-refractivity contribution is 0.0940. The zero-order valence-corrected chi connectivity index (χ0v) is 20.0. The van der Waals surface area contributed by atoms with Crippen molar-refractivity contribution >= 4 is 28.9 Å². The Morgan fingerprint density at radius 2 is 1.94 bits per heavy atom. The minimum absolute atomic E-state index is 0.0284. The summed E-state index contributed by atoms with van der Waals surface area (Å²) >= 11 is 0. The lowest BCUT2D eigenvalue weighted by atomic mass is 9.87. The van der Waals surface area contributed by atoms with Gasteiger partial charge in [-0.25, -0.2) is 9.37 Å². The minimum Gasteiger partial charge on any atom is -0.356 e. The zero-order valence-electron chi connectivity index (χ0n) is 20.0. The molecular formula is C29H25FN4O2. The number of halogens is 1. The number of aromatic amines is 1. The highest BCUT2D eigenvalue weighted by atomic mass is 19.1. The van der Waals surface area contributed by atoms with Crippen LogP contribution < -0.4 is 10.6 Å². The molecular weight excluding hydrogens is 455 g/mol. The predicted molar refractivity (Wildman–Crippen MR) is 137 cm³/mol. The predicted octanol–water partition coefficient (Wildman–Crippen LogP) is 6.29. The highest BCUT2D eigenvalue weighted by Crippen LogP contribution is 2.60. The molecule has 2 aliphatic carbocycles. The zero-order chi connectivity index (χ0) is 25.0. The Balaban J connectivity index is 1.38. The Morgan fingerprint density at radius 3 is 2.72 bits per heavy atom. The van der Waals surface area contributed by atoms with Crippen molar-refractivity contribution < 1.29 is 14.0 Å². The molecule has 2 heterocycles. The van der Waals surface area contributed by atoms with Crippen molar-refractivity contribution in [3.05, 3.63) is 95.1 Å². The van der Waals surface area contributed by atoms with E-state index in [0.717, 1.165) is 46.7 Å². The molecule has 7 heteroatoms. The van der Waals surface area contributed by atoms with Crippen molar-refractivity contribution in [1.82, 2.24) is 9.97 Å². The van der Waals surface area contributed by atoms with E-state index in [9.17, 15) is 14.0 Å². The lowest BCUT2D eigenvalue weighted by Gasteiger charge is -2.18. The summed E-state index contributed by atoms with van der Waals surface area (Å²) in [7, 11) is 0. The van der Waals surface area contributed by atoms with Gasteiger partial charge >= 0.3 is 0 Å². The highest BCUT2D eigenvalue weighted by molar-refractivity contribution is 6.10. The van der Waals surface area contributed by atoms with Crippen LogP contribution in [-0.2, 0) is 6.42 Å². The number of nitrogens with one attached hydrogen (secondary N) is 3. The number of hydrogen-bond acceptors (Lipinski definition) is 4. The summed E-state index contributed by atoms with van der Waals surface area (Å²) in [6.45, 7) is 3.86. The van der Waals surface area contributed by atoms with Crippen LogP contribution >= 0.6 is 0 Å². The van der Waals surface area contributed by atoms with Gasteiger partial charge in [-0.1, -0.05) is 25.1 Å². The molecule has 4 aromatic rings. The molecule has 36 heavy (non-hydrogen) atoms. The van der Waals surface area contributed by atoms with Crippen LogP contribution in [0, 0.1) is 24.1 Å². The largest absolute Gasteiger partial charge is 0.356 e. The van der Waals surface area contributed by atoms with Gasteiger partial charge < -0.3 is 15.6 Å². The Bertz CT molecular complexity index is 1530. The Kier molecular flexibility index (Phi) is 5.03. The van der Waals surface area contributed by atoms with Gasteiger partial charge in [0.15, 0.2) is 5.78 Å². The Labute approximate surface area is 208 Å². The second-order valence-electron chi connectivity index (χ2n) is 10.0. The summed E-state index contributed by atoms with van der Waals surface area (Å²) < 4.78 is 13.5. The van der Waals surface area contributed by atoms with Gasteiger partial charge in [-0.3, -0.25) is 9.59 Å². The number of nitrogens with zero attached hydrogens (tertiary/aromatic N) is 1. The quantitative estimate of drug-likeness (QED) is 0.314. The molecule has 2 aromatic heterocycles. The average molecular weight is 481 g/mol. The number of rotatable bonds is 5. The van der Waals surface area contributed by atoms with Crippen molar-refractivity contribution in [1.29, 1.82) is 0 Å². The van der Waals surface area contributed by atoms with E-state index in [1.54, 1.807) is 19.2 Å². The molecule has 0 spiro atoms. The molecule has 0 bridgehead atoms. The molecule has 1 amide bonds. The fourth-order valence-electron chi connectivity index (χ4n) is 5.27.